The third-order valence-electron chi connectivity index (χ3n) is 5.56. The molecule has 0 radical (unpaired) electrons. The molecule has 1 saturated heterocycles. The van der Waals surface area contributed by atoms with Crippen molar-refractivity contribution in [3.05, 3.63) is 64.1 Å². The molecule has 2 heterocycles. The van der Waals surface area contributed by atoms with Gasteiger partial charge in [0, 0.05) is 38.3 Å². The van der Waals surface area contributed by atoms with Crippen molar-refractivity contribution in [2.75, 3.05) is 31.1 Å². The third-order valence-corrected chi connectivity index (χ3v) is 5.56. The van der Waals surface area contributed by atoms with Crippen LogP contribution in [0.15, 0.2) is 47.3 Å². The first kappa shape index (κ1) is 18.3. The van der Waals surface area contributed by atoms with E-state index in [4.69, 9.17) is 0 Å². The largest absolute Gasteiger partial charge is 0.368 e. The number of aryl methyl sites for hydroxylation is 2. The van der Waals surface area contributed by atoms with Gasteiger partial charge >= 0.3 is 5.69 Å². The minimum atomic E-state index is -0.188. The number of fused-ring (bicyclic) bond motifs is 1. The number of nitrogens with one attached hydrogen (secondary N) is 2. The number of rotatable bonds is 5. The number of imidazole rings is 1. The third kappa shape index (κ3) is 3.96. The van der Waals surface area contributed by atoms with Crippen LogP contribution in [-0.2, 0) is 17.6 Å². The lowest BCUT2D eigenvalue weighted by molar-refractivity contribution is -0.131. The Labute approximate surface area is 164 Å². The quantitative estimate of drug-likeness (QED) is 0.717. The van der Waals surface area contributed by atoms with Crippen LogP contribution < -0.4 is 10.6 Å². The van der Waals surface area contributed by atoms with Gasteiger partial charge in [-0.25, -0.2) is 4.79 Å². The molecule has 6 nitrogen and oxygen atoms in total. The number of aromatic nitrogens is 2. The minimum absolute atomic E-state index is 0.188. The molecule has 3 aromatic rings. The molecule has 1 aliphatic heterocycles. The summed E-state index contributed by atoms with van der Waals surface area (Å²) in [5, 5.41) is 0. The summed E-state index contributed by atoms with van der Waals surface area (Å²) in [6.45, 7) is 5.21. The van der Waals surface area contributed by atoms with Crippen LogP contribution in [0.1, 0.15) is 24.5 Å². The Morgan fingerprint density at radius 3 is 2.32 bits per heavy atom. The fourth-order valence-electron chi connectivity index (χ4n) is 3.78. The van der Waals surface area contributed by atoms with Gasteiger partial charge in [0.05, 0.1) is 11.0 Å². The summed E-state index contributed by atoms with van der Waals surface area (Å²) in [4.78, 5) is 33.8. The molecule has 0 unspecified atom stereocenters. The highest BCUT2D eigenvalue weighted by Gasteiger charge is 2.21. The van der Waals surface area contributed by atoms with Gasteiger partial charge < -0.3 is 19.8 Å². The molecule has 1 aliphatic rings. The van der Waals surface area contributed by atoms with Crippen molar-refractivity contribution in [3.63, 3.8) is 0 Å². The first-order valence-electron chi connectivity index (χ1n) is 9.95. The summed E-state index contributed by atoms with van der Waals surface area (Å²) < 4.78 is 0. The van der Waals surface area contributed by atoms with Crippen molar-refractivity contribution in [2.24, 2.45) is 0 Å². The monoisotopic (exact) mass is 378 g/mol. The number of anilines is 1. The zero-order valence-electron chi connectivity index (χ0n) is 16.2. The van der Waals surface area contributed by atoms with Crippen molar-refractivity contribution in [3.8, 4) is 0 Å². The molecule has 0 bridgehead atoms. The van der Waals surface area contributed by atoms with E-state index in [0.29, 0.717) is 6.42 Å². The van der Waals surface area contributed by atoms with Crippen LogP contribution in [0.25, 0.3) is 11.0 Å². The molecule has 0 saturated carbocycles. The van der Waals surface area contributed by atoms with Gasteiger partial charge in [0.1, 0.15) is 0 Å². The second-order valence-electron chi connectivity index (χ2n) is 7.35. The Kier molecular flexibility index (Phi) is 5.19. The van der Waals surface area contributed by atoms with Crippen molar-refractivity contribution < 1.29 is 4.79 Å². The van der Waals surface area contributed by atoms with Gasteiger partial charge in [-0.15, -0.1) is 0 Å². The molecule has 2 aromatic carbocycles. The number of carbonyl (C=O) groups is 1. The number of H-pyrrole nitrogens is 2. The van der Waals surface area contributed by atoms with E-state index in [9.17, 15) is 9.59 Å². The summed E-state index contributed by atoms with van der Waals surface area (Å²) in [7, 11) is 0. The van der Waals surface area contributed by atoms with Gasteiger partial charge in [-0.05, 0) is 42.2 Å². The second kappa shape index (κ2) is 7.92. The normalized spacial score (nSPS) is 14.6. The Bertz CT molecular complexity index is 1010. The lowest BCUT2D eigenvalue weighted by atomic mass is 10.1. The Morgan fingerprint density at radius 2 is 1.61 bits per heavy atom. The highest BCUT2D eigenvalue weighted by molar-refractivity contribution is 5.79. The van der Waals surface area contributed by atoms with Gasteiger partial charge in [-0.1, -0.05) is 31.2 Å². The number of hydrogen-bond acceptors (Lipinski definition) is 3. The number of nitrogens with zero attached hydrogens (tertiary/aromatic N) is 2. The van der Waals surface area contributed by atoms with Gasteiger partial charge in [-0.2, -0.15) is 0 Å². The lowest BCUT2D eigenvalue weighted by Crippen LogP contribution is -2.48. The fraction of sp³-hybridized carbons (Fsp3) is 0.364. The highest BCUT2D eigenvalue weighted by atomic mass is 16.2. The van der Waals surface area contributed by atoms with E-state index in [1.54, 1.807) is 0 Å². The molecule has 1 aromatic heterocycles. The van der Waals surface area contributed by atoms with E-state index in [-0.39, 0.29) is 11.6 Å². The summed E-state index contributed by atoms with van der Waals surface area (Å²) >= 11 is 0. The van der Waals surface area contributed by atoms with Crippen molar-refractivity contribution in [2.45, 2.75) is 26.2 Å². The number of benzene rings is 2. The Balaban J connectivity index is 1.31. The lowest BCUT2D eigenvalue weighted by Gasteiger charge is -2.36. The summed E-state index contributed by atoms with van der Waals surface area (Å²) in [6, 6.07) is 14.5. The van der Waals surface area contributed by atoms with Gasteiger partial charge in [0.25, 0.3) is 0 Å². The van der Waals surface area contributed by atoms with Crippen LogP contribution in [0.2, 0.25) is 0 Å². The number of amides is 1. The first-order chi connectivity index (χ1) is 13.6. The van der Waals surface area contributed by atoms with E-state index in [0.717, 1.165) is 55.7 Å². The molecule has 146 valence electrons. The first-order valence-corrected chi connectivity index (χ1v) is 9.95. The standard InChI is InChI=1S/C22H26N4O2/c1-2-16-3-5-17(6-4-16)7-10-21(27)26-13-11-25(12-14-26)18-8-9-19-20(15-18)24-22(28)23-19/h3-6,8-9,15H,2,7,10-14H2,1H3,(H2,23,24,28). The second-order valence-corrected chi connectivity index (χ2v) is 7.35. The maximum absolute atomic E-state index is 12.6. The number of aromatic amines is 2. The molecule has 0 aliphatic carbocycles. The molecular formula is C22H26N4O2. The molecule has 6 heteroatoms. The van der Waals surface area contributed by atoms with Gasteiger partial charge in [0.2, 0.25) is 5.91 Å². The molecule has 4 rings (SSSR count). The highest BCUT2D eigenvalue weighted by Crippen LogP contribution is 2.21. The van der Waals surface area contributed by atoms with E-state index in [1.165, 1.54) is 11.1 Å². The van der Waals surface area contributed by atoms with Gasteiger partial charge in [-0.3, -0.25) is 4.79 Å². The fourth-order valence-corrected chi connectivity index (χ4v) is 3.78. The molecule has 28 heavy (non-hydrogen) atoms. The number of hydrogen-bond donors (Lipinski definition) is 2. The Hall–Kier alpha value is -3.02. The smallest absolute Gasteiger partial charge is 0.323 e. The van der Waals surface area contributed by atoms with Crippen molar-refractivity contribution >= 4 is 22.6 Å². The average Bonchev–Trinajstić information content (AvgIpc) is 3.11. The van der Waals surface area contributed by atoms with Crippen LogP contribution in [0.4, 0.5) is 5.69 Å². The summed E-state index contributed by atoms with van der Waals surface area (Å²) in [5.74, 6) is 0.227. The predicted octanol–water partition coefficient (Wildman–Crippen LogP) is 2.70. The topological polar surface area (TPSA) is 72.2 Å². The van der Waals surface area contributed by atoms with Crippen LogP contribution in [-0.4, -0.2) is 47.0 Å². The minimum Gasteiger partial charge on any atom is -0.368 e. The summed E-state index contributed by atoms with van der Waals surface area (Å²) in [6.07, 6.45) is 2.39. The number of piperazine rings is 1. The molecule has 0 atom stereocenters. The zero-order chi connectivity index (χ0) is 19.5. The van der Waals surface area contributed by atoms with Crippen LogP contribution in [0, 0.1) is 0 Å². The predicted molar refractivity (Wildman–Crippen MR) is 112 cm³/mol. The molecule has 0 spiro atoms. The summed E-state index contributed by atoms with van der Waals surface area (Å²) in [5.41, 5.74) is 5.06. The maximum Gasteiger partial charge on any atom is 0.323 e. The zero-order valence-corrected chi connectivity index (χ0v) is 16.2. The average molecular weight is 378 g/mol. The molecule has 2 N–H and O–H groups in total. The van der Waals surface area contributed by atoms with E-state index >= 15 is 0 Å². The molecule has 1 amide bonds. The van der Waals surface area contributed by atoms with Crippen LogP contribution in [0.5, 0.6) is 0 Å². The van der Waals surface area contributed by atoms with E-state index < -0.39 is 0 Å². The van der Waals surface area contributed by atoms with E-state index in [1.807, 2.05) is 23.1 Å². The van der Waals surface area contributed by atoms with E-state index in [2.05, 4.69) is 46.1 Å². The number of carbonyl (C=O) groups excluding carboxylic acids is 1. The van der Waals surface area contributed by atoms with Crippen molar-refractivity contribution in [1.29, 1.82) is 0 Å². The maximum atomic E-state index is 12.6. The van der Waals surface area contributed by atoms with Gasteiger partial charge in [0.15, 0.2) is 0 Å². The molecular weight excluding hydrogens is 352 g/mol. The van der Waals surface area contributed by atoms with Crippen LogP contribution >= 0.6 is 0 Å². The molecule has 1 fully saturated rings. The van der Waals surface area contributed by atoms with Crippen molar-refractivity contribution in [1.82, 2.24) is 14.9 Å². The Morgan fingerprint density at radius 1 is 0.929 bits per heavy atom. The van der Waals surface area contributed by atoms with Crippen LogP contribution in [0.3, 0.4) is 0 Å². The SMILES string of the molecule is CCc1ccc(CCC(=O)N2CCN(c3ccc4[nH]c(=O)[nH]c4c3)CC2)cc1.